The first-order valence-electron chi connectivity index (χ1n) is 9.57. The van der Waals surface area contributed by atoms with E-state index in [0.717, 1.165) is 17.7 Å². The molecular formula is C20H27N3O4. The van der Waals surface area contributed by atoms with E-state index in [1.54, 1.807) is 19.1 Å². The van der Waals surface area contributed by atoms with Gasteiger partial charge in [-0.1, -0.05) is 20.8 Å². The summed E-state index contributed by atoms with van der Waals surface area (Å²) >= 11 is 0. The molecule has 4 rings (SSSR count). The summed E-state index contributed by atoms with van der Waals surface area (Å²) in [5.41, 5.74) is -1.04. The molecule has 7 nitrogen and oxygen atoms in total. The molecule has 1 aromatic heterocycles. The van der Waals surface area contributed by atoms with Crippen LogP contribution in [0.2, 0.25) is 0 Å². The molecule has 27 heavy (non-hydrogen) atoms. The fraction of sp³-hybridized carbons (Fsp3) is 0.650. The summed E-state index contributed by atoms with van der Waals surface area (Å²) in [6, 6.07) is 2.80. The Hall–Kier alpha value is -2.31. The second kappa shape index (κ2) is 5.59. The summed E-state index contributed by atoms with van der Waals surface area (Å²) in [5.74, 6) is 0.187. The Labute approximate surface area is 158 Å². The predicted octanol–water partition coefficient (Wildman–Crippen LogP) is 2.38. The van der Waals surface area contributed by atoms with E-state index in [0.29, 0.717) is 11.7 Å². The van der Waals surface area contributed by atoms with E-state index in [9.17, 15) is 14.4 Å². The van der Waals surface area contributed by atoms with Crippen LogP contribution < -0.4 is 10.6 Å². The average Bonchev–Trinajstić information content (AvgIpc) is 3.30. The number of carbonyl (C=O) groups excluding carboxylic acids is 3. The third-order valence-electron chi connectivity index (χ3n) is 7.72. The predicted molar refractivity (Wildman–Crippen MR) is 97.5 cm³/mol. The number of fused-ring (bicyclic) bond motifs is 2. The quantitative estimate of drug-likeness (QED) is 0.793. The molecule has 0 spiro atoms. The van der Waals surface area contributed by atoms with Gasteiger partial charge >= 0.3 is 6.03 Å². The van der Waals surface area contributed by atoms with Crippen LogP contribution in [0.15, 0.2) is 22.8 Å². The maximum absolute atomic E-state index is 12.8. The lowest BCUT2D eigenvalue weighted by molar-refractivity contribution is -0.135. The summed E-state index contributed by atoms with van der Waals surface area (Å²) in [7, 11) is 0. The molecule has 4 amide bonds. The first-order valence-corrected chi connectivity index (χ1v) is 9.57. The lowest BCUT2D eigenvalue weighted by atomic mass is 9.69. The number of nitrogens with one attached hydrogen (secondary N) is 2. The Morgan fingerprint density at radius 2 is 2.07 bits per heavy atom. The van der Waals surface area contributed by atoms with Gasteiger partial charge in [-0.15, -0.1) is 0 Å². The zero-order valence-corrected chi connectivity index (χ0v) is 16.3. The van der Waals surface area contributed by atoms with E-state index in [1.165, 1.54) is 12.7 Å². The molecule has 0 radical (unpaired) electrons. The third kappa shape index (κ3) is 2.36. The molecule has 3 fully saturated rings. The summed E-state index contributed by atoms with van der Waals surface area (Å²) in [6.07, 6.45) is 4.70. The molecule has 1 aliphatic heterocycles. The zero-order valence-electron chi connectivity index (χ0n) is 16.3. The highest BCUT2D eigenvalue weighted by atomic mass is 16.3. The Bertz CT molecular complexity index is 802. The van der Waals surface area contributed by atoms with E-state index in [-0.39, 0.29) is 29.3 Å². The standard InChI is InChI=1S/C20H27N3O4/c1-18(2)12-7-8-19(18,3)13(10-12)21-15(24)11-23-16(25)20(4,22-17(23)26)14-6-5-9-27-14/h5-6,9,12-13H,7-8,10-11H2,1-4H3,(H,21,24)(H,22,26). The molecule has 2 saturated carbocycles. The second-order valence-corrected chi connectivity index (χ2v) is 9.15. The number of carbonyl (C=O) groups is 3. The van der Waals surface area contributed by atoms with Gasteiger partial charge in [0.2, 0.25) is 5.91 Å². The van der Waals surface area contributed by atoms with Crippen molar-refractivity contribution in [2.24, 2.45) is 16.7 Å². The smallest absolute Gasteiger partial charge is 0.325 e. The lowest BCUT2D eigenvalue weighted by Crippen LogP contribution is -2.50. The van der Waals surface area contributed by atoms with Crippen LogP contribution in [0.1, 0.15) is 52.7 Å². The van der Waals surface area contributed by atoms with Crippen molar-refractivity contribution in [2.45, 2.75) is 58.5 Å². The van der Waals surface area contributed by atoms with Crippen LogP contribution in [-0.4, -0.2) is 35.3 Å². The Balaban J connectivity index is 1.45. The van der Waals surface area contributed by atoms with Crippen LogP contribution in [-0.2, 0) is 15.1 Å². The van der Waals surface area contributed by atoms with Crippen molar-refractivity contribution < 1.29 is 18.8 Å². The summed E-state index contributed by atoms with van der Waals surface area (Å²) in [6.45, 7) is 8.11. The Morgan fingerprint density at radius 3 is 2.63 bits per heavy atom. The fourth-order valence-corrected chi connectivity index (χ4v) is 5.38. The highest BCUT2D eigenvalue weighted by Crippen LogP contribution is 2.65. The van der Waals surface area contributed by atoms with Crippen molar-refractivity contribution in [1.82, 2.24) is 15.5 Å². The number of furan rings is 1. The molecule has 0 aromatic carbocycles. The largest absolute Gasteiger partial charge is 0.466 e. The van der Waals surface area contributed by atoms with Crippen LogP contribution in [0.5, 0.6) is 0 Å². The summed E-state index contributed by atoms with van der Waals surface area (Å²) in [4.78, 5) is 38.8. The van der Waals surface area contributed by atoms with Crippen molar-refractivity contribution in [3.63, 3.8) is 0 Å². The number of nitrogens with zero attached hydrogens (tertiary/aromatic N) is 1. The zero-order chi connectivity index (χ0) is 19.6. The Kier molecular flexibility index (Phi) is 3.74. The van der Waals surface area contributed by atoms with E-state index in [4.69, 9.17) is 4.42 Å². The van der Waals surface area contributed by atoms with Gasteiger partial charge in [-0.2, -0.15) is 0 Å². The second-order valence-electron chi connectivity index (χ2n) is 9.15. The van der Waals surface area contributed by atoms with Gasteiger partial charge in [0.1, 0.15) is 12.3 Å². The first-order chi connectivity index (χ1) is 12.6. The van der Waals surface area contributed by atoms with Crippen molar-refractivity contribution >= 4 is 17.8 Å². The third-order valence-corrected chi connectivity index (χ3v) is 7.72. The summed E-state index contributed by atoms with van der Waals surface area (Å²) in [5, 5.41) is 5.74. The molecule has 2 N–H and O–H groups in total. The van der Waals surface area contributed by atoms with Crippen molar-refractivity contribution in [1.29, 1.82) is 0 Å². The minimum atomic E-state index is -1.28. The first kappa shape index (κ1) is 18.1. The number of hydrogen-bond acceptors (Lipinski definition) is 4. The highest BCUT2D eigenvalue weighted by Gasteiger charge is 2.61. The molecule has 1 saturated heterocycles. The molecule has 146 valence electrons. The fourth-order valence-electron chi connectivity index (χ4n) is 5.38. The van der Waals surface area contributed by atoms with Crippen molar-refractivity contribution in [3.05, 3.63) is 24.2 Å². The van der Waals surface area contributed by atoms with Gasteiger partial charge in [-0.25, -0.2) is 4.79 Å². The molecule has 2 aliphatic carbocycles. The molecule has 1 aromatic rings. The number of urea groups is 1. The number of amides is 4. The van der Waals surface area contributed by atoms with E-state index in [1.807, 2.05) is 0 Å². The number of imide groups is 1. The maximum atomic E-state index is 12.8. The van der Waals surface area contributed by atoms with Crippen LogP contribution in [0.25, 0.3) is 0 Å². The average molecular weight is 373 g/mol. The van der Waals surface area contributed by atoms with Crippen LogP contribution in [0.3, 0.4) is 0 Å². The van der Waals surface area contributed by atoms with Crippen LogP contribution in [0.4, 0.5) is 4.79 Å². The normalized spacial score (nSPS) is 37.0. The van der Waals surface area contributed by atoms with Gasteiger partial charge in [0.15, 0.2) is 5.54 Å². The highest BCUT2D eigenvalue weighted by molar-refractivity contribution is 6.08. The maximum Gasteiger partial charge on any atom is 0.325 e. The van der Waals surface area contributed by atoms with Crippen LogP contribution >= 0.6 is 0 Å². The van der Waals surface area contributed by atoms with E-state index >= 15 is 0 Å². The van der Waals surface area contributed by atoms with Crippen molar-refractivity contribution in [3.8, 4) is 0 Å². The molecule has 4 unspecified atom stereocenters. The van der Waals surface area contributed by atoms with Crippen molar-refractivity contribution in [2.75, 3.05) is 6.54 Å². The number of hydrogen-bond donors (Lipinski definition) is 2. The SMILES string of the molecule is CC1(c2ccco2)NC(=O)N(CC(=O)NC2CC3CCC2(C)C3(C)C)C1=O. The topological polar surface area (TPSA) is 91.7 Å². The Morgan fingerprint density at radius 1 is 1.33 bits per heavy atom. The number of rotatable bonds is 4. The minimum Gasteiger partial charge on any atom is -0.466 e. The van der Waals surface area contributed by atoms with Gasteiger partial charge in [0.05, 0.1) is 6.26 Å². The molecule has 3 aliphatic rings. The summed E-state index contributed by atoms with van der Waals surface area (Å²) < 4.78 is 5.31. The van der Waals surface area contributed by atoms with Gasteiger partial charge < -0.3 is 15.1 Å². The van der Waals surface area contributed by atoms with E-state index in [2.05, 4.69) is 31.4 Å². The molecule has 2 bridgehead atoms. The van der Waals surface area contributed by atoms with E-state index < -0.39 is 17.5 Å². The van der Waals surface area contributed by atoms with Crippen LogP contribution in [0, 0.1) is 16.7 Å². The minimum absolute atomic E-state index is 0.0489. The molecular weight excluding hydrogens is 346 g/mol. The van der Waals surface area contributed by atoms with Gasteiger partial charge in [0.25, 0.3) is 5.91 Å². The molecule has 4 atom stereocenters. The van der Waals surface area contributed by atoms with Gasteiger partial charge in [-0.3, -0.25) is 14.5 Å². The molecule has 7 heteroatoms. The molecule has 2 heterocycles. The monoisotopic (exact) mass is 373 g/mol. The van der Waals surface area contributed by atoms with Gasteiger partial charge in [-0.05, 0) is 55.1 Å². The van der Waals surface area contributed by atoms with Gasteiger partial charge in [0, 0.05) is 6.04 Å². The lowest BCUT2D eigenvalue weighted by Gasteiger charge is -2.39.